The van der Waals surface area contributed by atoms with Gasteiger partial charge in [0, 0.05) is 25.2 Å². The lowest BCUT2D eigenvalue weighted by Gasteiger charge is -2.14. The van der Waals surface area contributed by atoms with Gasteiger partial charge in [0.2, 0.25) is 5.91 Å². The Kier molecular flexibility index (Phi) is 3.18. The summed E-state index contributed by atoms with van der Waals surface area (Å²) in [6.45, 7) is -0.397. The highest BCUT2D eigenvalue weighted by Gasteiger charge is 2.39. The Balaban J connectivity index is 2.31. The van der Waals surface area contributed by atoms with Crippen molar-refractivity contribution in [3.05, 3.63) is 28.4 Å². The van der Waals surface area contributed by atoms with E-state index in [9.17, 15) is 27.2 Å². The number of pyridine rings is 1. The maximum atomic E-state index is 12.8. The van der Waals surface area contributed by atoms with E-state index in [1.54, 1.807) is 0 Å². The minimum absolute atomic E-state index is 0.0645. The Labute approximate surface area is 107 Å². The van der Waals surface area contributed by atoms with E-state index in [4.69, 9.17) is 0 Å². The SMILES string of the molecule is O=C1CC(S(=O)(=O)F)CN1c1cc([N+](=O)[O-])ccn1. The minimum Gasteiger partial charge on any atom is -0.295 e. The fourth-order valence-corrected chi connectivity index (χ4v) is 2.42. The third-order valence-corrected chi connectivity index (χ3v) is 3.82. The average Bonchev–Trinajstić information content (AvgIpc) is 2.71. The van der Waals surface area contributed by atoms with Gasteiger partial charge in [-0.2, -0.15) is 8.42 Å². The van der Waals surface area contributed by atoms with Crippen LogP contribution in [0.3, 0.4) is 0 Å². The first-order chi connectivity index (χ1) is 8.79. The van der Waals surface area contributed by atoms with Crippen LogP contribution in [0.15, 0.2) is 18.3 Å². The summed E-state index contributed by atoms with van der Waals surface area (Å²) in [5, 5.41) is 9.13. The Morgan fingerprint density at radius 3 is 2.74 bits per heavy atom. The van der Waals surface area contributed by atoms with Crippen molar-refractivity contribution in [2.75, 3.05) is 11.4 Å². The topological polar surface area (TPSA) is 110 Å². The first-order valence-electron chi connectivity index (χ1n) is 5.13. The van der Waals surface area contributed by atoms with Crippen molar-refractivity contribution in [1.29, 1.82) is 0 Å². The van der Waals surface area contributed by atoms with E-state index < -0.39 is 39.3 Å². The molecule has 8 nitrogen and oxygen atoms in total. The molecule has 1 atom stereocenters. The van der Waals surface area contributed by atoms with E-state index in [1.165, 1.54) is 0 Å². The molecule has 1 unspecified atom stereocenters. The Bertz CT molecular complexity index is 647. The van der Waals surface area contributed by atoms with E-state index in [-0.39, 0.29) is 11.5 Å². The molecule has 1 aliphatic heterocycles. The number of amides is 1. The second kappa shape index (κ2) is 4.53. The van der Waals surface area contributed by atoms with Crippen LogP contribution >= 0.6 is 0 Å². The predicted octanol–water partition coefficient (Wildman–Crippen LogP) is 0.394. The molecule has 2 rings (SSSR count). The number of halogens is 1. The number of carbonyl (C=O) groups excluding carboxylic acids is 1. The maximum absolute atomic E-state index is 12.8. The van der Waals surface area contributed by atoms with E-state index in [1.807, 2.05) is 0 Å². The van der Waals surface area contributed by atoms with E-state index in [0.717, 1.165) is 23.2 Å². The summed E-state index contributed by atoms with van der Waals surface area (Å²) in [6.07, 6.45) is 0.626. The number of nitrogens with zero attached hydrogens (tertiary/aromatic N) is 3. The molecule has 1 saturated heterocycles. The molecule has 19 heavy (non-hydrogen) atoms. The number of hydrogen-bond acceptors (Lipinski definition) is 6. The highest BCUT2D eigenvalue weighted by Crippen LogP contribution is 2.26. The molecule has 1 amide bonds. The second-order valence-electron chi connectivity index (χ2n) is 3.94. The summed E-state index contributed by atoms with van der Waals surface area (Å²) in [7, 11) is -4.83. The number of rotatable bonds is 3. The van der Waals surface area contributed by atoms with Crippen LogP contribution in [0.5, 0.6) is 0 Å². The first kappa shape index (κ1) is 13.3. The molecule has 1 aromatic rings. The normalized spacial score (nSPS) is 19.7. The summed E-state index contributed by atoms with van der Waals surface area (Å²) < 4.78 is 34.3. The predicted molar refractivity (Wildman–Crippen MR) is 61.7 cm³/mol. The summed E-state index contributed by atoms with van der Waals surface area (Å²) in [4.78, 5) is 26.2. The van der Waals surface area contributed by atoms with Crippen LogP contribution in [0, 0.1) is 10.1 Å². The lowest BCUT2D eigenvalue weighted by atomic mass is 10.4. The van der Waals surface area contributed by atoms with Crippen LogP contribution in [0.25, 0.3) is 0 Å². The van der Waals surface area contributed by atoms with Crippen molar-refractivity contribution >= 4 is 27.6 Å². The molecule has 0 bridgehead atoms. The summed E-state index contributed by atoms with van der Waals surface area (Å²) in [5.74, 6) is -0.704. The Hall–Kier alpha value is -2.10. The van der Waals surface area contributed by atoms with Crippen LogP contribution in [0.4, 0.5) is 15.4 Å². The molecule has 0 aliphatic carbocycles. The van der Waals surface area contributed by atoms with Crippen molar-refractivity contribution < 1.29 is 22.0 Å². The van der Waals surface area contributed by atoms with Gasteiger partial charge in [-0.15, -0.1) is 3.89 Å². The number of hydrogen-bond donors (Lipinski definition) is 0. The smallest absolute Gasteiger partial charge is 0.295 e. The van der Waals surface area contributed by atoms with Crippen LogP contribution in [-0.4, -0.2) is 36.0 Å². The number of nitro groups is 1. The fraction of sp³-hybridized carbons (Fsp3) is 0.333. The Morgan fingerprint density at radius 2 is 2.21 bits per heavy atom. The maximum Gasteiger partial charge on any atom is 0.307 e. The Morgan fingerprint density at radius 1 is 1.53 bits per heavy atom. The third kappa shape index (κ3) is 2.67. The second-order valence-corrected chi connectivity index (χ2v) is 5.55. The largest absolute Gasteiger partial charge is 0.307 e. The summed E-state index contributed by atoms with van der Waals surface area (Å²) in [5.41, 5.74) is -0.288. The van der Waals surface area contributed by atoms with Crippen molar-refractivity contribution in [3.63, 3.8) is 0 Å². The van der Waals surface area contributed by atoms with Gasteiger partial charge in [0.1, 0.15) is 11.1 Å². The molecule has 102 valence electrons. The molecule has 0 N–H and O–H groups in total. The van der Waals surface area contributed by atoms with Crippen molar-refractivity contribution in [1.82, 2.24) is 4.98 Å². The zero-order valence-corrected chi connectivity index (χ0v) is 10.2. The lowest BCUT2D eigenvalue weighted by molar-refractivity contribution is -0.384. The quantitative estimate of drug-likeness (QED) is 0.452. The number of carbonyl (C=O) groups is 1. The monoisotopic (exact) mass is 289 g/mol. The van der Waals surface area contributed by atoms with Gasteiger partial charge in [0.05, 0.1) is 11.0 Å². The standard InChI is InChI=1S/C9H8FN3O5S/c10-19(17,18)7-4-9(14)12(5-7)8-3-6(13(15)16)1-2-11-8/h1-3,7H,4-5H2. The van der Waals surface area contributed by atoms with Gasteiger partial charge >= 0.3 is 10.2 Å². The van der Waals surface area contributed by atoms with Crippen molar-refractivity contribution in [2.45, 2.75) is 11.7 Å². The van der Waals surface area contributed by atoms with Gasteiger partial charge < -0.3 is 0 Å². The van der Waals surface area contributed by atoms with Gasteiger partial charge in [0.25, 0.3) is 5.69 Å². The van der Waals surface area contributed by atoms with Gasteiger partial charge in [0.15, 0.2) is 0 Å². The van der Waals surface area contributed by atoms with Crippen molar-refractivity contribution in [3.8, 4) is 0 Å². The van der Waals surface area contributed by atoms with Gasteiger partial charge in [-0.3, -0.25) is 19.8 Å². The van der Waals surface area contributed by atoms with Gasteiger partial charge in [-0.05, 0) is 0 Å². The molecule has 0 radical (unpaired) electrons. The summed E-state index contributed by atoms with van der Waals surface area (Å²) >= 11 is 0. The van der Waals surface area contributed by atoms with Crippen LogP contribution in [-0.2, 0) is 15.0 Å². The molecule has 1 aromatic heterocycles. The number of aromatic nitrogens is 1. The van der Waals surface area contributed by atoms with Crippen LogP contribution in [0.2, 0.25) is 0 Å². The lowest BCUT2D eigenvalue weighted by Crippen LogP contribution is -2.27. The van der Waals surface area contributed by atoms with Gasteiger partial charge in [-0.25, -0.2) is 4.98 Å². The zero-order valence-electron chi connectivity index (χ0n) is 9.39. The first-order valence-corrected chi connectivity index (χ1v) is 6.58. The molecule has 10 heteroatoms. The fourth-order valence-electron chi connectivity index (χ4n) is 1.75. The highest BCUT2D eigenvalue weighted by atomic mass is 32.3. The average molecular weight is 289 g/mol. The van der Waals surface area contributed by atoms with E-state index in [2.05, 4.69) is 4.98 Å². The number of anilines is 1. The van der Waals surface area contributed by atoms with Crippen molar-refractivity contribution in [2.24, 2.45) is 0 Å². The minimum atomic E-state index is -4.83. The molecular formula is C9H8FN3O5S. The van der Waals surface area contributed by atoms with E-state index >= 15 is 0 Å². The molecule has 1 fully saturated rings. The summed E-state index contributed by atoms with van der Waals surface area (Å²) in [6, 6.07) is 2.17. The third-order valence-electron chi connectivity index (χ3n) is 2.70. The molecule has 2 heterocycles. The molecular weight excluding hydrogens is 281 g/mol. The zero-order chi connectivity index (χ0) is 14.2. The van der Waals surface area contributed by atoms with E-state index in [0.29, 0.717) is 0 Å². The molecule has 0 aromatic carbocycles. The van der Waals surface area contributed by atoms with Gasteiger partial charge in [-0.1, -0.05) is 0 Å². The molecule has 1 aliphatic rings. The van der Waals surface area contributed by atoms with Crippen LogP contribution in [0.1, 0.15) is 6.42 Å². The molecule has 0 saturated carbocycles. The molecule has 0 spiro atoms. The highest BCUT2D eigenvalue weighted by molar-refractivity contribution is 7.87. The van der Waals surface area contributed by atoms with Crippen LogP contribution < -0.4 is 4.90 Å².